The van der Waals surface area contributed by atoms with Crippen LogP contribution < -0.4 is 5.43 Å². The Labute approximate surface area is 101 Å². The number of hydrogen-bond donors (Lipinski definition) is 1. The van der Waals surface area contributed by atoms with Crippen molar-refractivity contribution in [2.75, 3.05) is 5.43 Å². The van der Waals surface area contributed by atoms with E-state index in [2.05, 4.69) is 17.5 Å². The van der Waals surface area contributed by atoms with Gasteiger partial charge in [-0.05, 0) is 31.9 Å². The van der Waals surface area contributed by atoms with Crippen LogP contribution >= 0.6 is 0 Å². The van der Waals surface area contributed by atoms with Crippen LogP contribution in [-0.2, 0) is 0 Å². The molecular formula is C12H17N3O2. The molecule has 5 heteroatoms. The molecular weight excluding hydrogens is 218 g/mol. The van der Waals surface area contributed by atoms with Crippen LogP contribution in [-0.4, -0.2) is 10.6 Å². The smallest absolute Gasteiger partial charge is 0.269 e. The predicted octanol–water partition coefficient (Wildman–Crippen LogP) is 3.57. The van der Waals surface area contributed by atoms with Crippen molar-refractivity contribution in [2.45, 2.75) is 33.1 Å². The van der Waals surface area contributed by atoms with Gasteiger partial charge in [0, 0.05) is 17.8 Å². The molecule has 0 spiro atoms. The Kier molecular flexibility index (Phi) is 5.13. The Balaban J connectivity index is 2.54. The van der Waals surface area contributed by atoms with E-state index in [-0.39, 0.29) is 5.69 Å². The van der Waals surface area contributed by atoms with E-state index in [1.165, 1.54) is 12.1 Å². The average molecular weight is 235 g/mol. The number of nitrogens with one attached hydrogen (secondary N) is 1. The van der Waals surface area contributed by atoms with Crippen LogP contribution in [0.4, 0.5) is 11.4 Å². The van der Waals surface area contributed by atoms with Gasteiger partial charge in [0.1, 0.15) is 0 Å². The van der Waals surface area contributed by atoms with Crippen molar-refractivity contribution in [3.05, 3.63) is 34.4 Å². The summed E-state index contributed by atoms with van der Waals surface area (Å²) in [6.07, 6.45) is 3.23. The van der Waals surface area contributed by atoms with E-state index in [1.807, 2.05) is 6.92 Å². The maximum Gasteiger partial charge on any atom is 0.269 e. The lowest BCUT2D eigenvalue weighted by atomic mass is 10.2. The molecule has 1 rings (SSSR count). The quantitative estimate of drug-likeness (QED) is 0.465. The molecule has 0 aliphatic heterocycles. The molecule has 0 unspecified atom stereocenters. The van der Waals surface area contributed by atoms with Crippen molar-refractivity contribution in [3.8, 4) is 0 Å². The molecule has 0 heterocycles. The summed E-state index contributed by atoms with van der Waals surface area (Å²) < 4.78 is 0. The summed E-state index contributed by atoms with van der Waals surface area (Å²) in [7, 11) is 0. The summed E-state index contributed by atoms with van der Waals surface area (Å²) in [6.45, 7) is 4.10. The Morgan fingerprint density at radius 1 is 1.41 bits per heavy atom. The summed E-state index contributed by atoms with van der Waals surface area (Å²) in [5, 5.41) is 14.7. The van der Waals surface area contributed by atoms with Crippen LogP contribution in [0.2, 0.25) is 0 Å². The van der Waals surface area contributed by atoms with Crippen molar-refractivity contribution in [3.63, 3.8) is 0 Å². The van der Waals surface area contributed by atoms with E-state index in [0.29, 0.717) is 0 Å². The number of non-ortho nitro benzene ring substituents is 1. The molecule has 0 aromatic heterocycles. The normalized spacial score (nSPS) is 11.3. The third-order valence-corrected chi connectivity index (χ3v) is 2.35. The minimum Gasteiger partial charge on any atom is -0.279 e. The maximum atomic E-state index is 10.5. The SMILES string of the molecule is CCCCC(C)=NNc1ccc([N+](=O)[O-])cc1. The minimum atomic E-state index is -0.417. The van der Waals surface area contributed by atoms with Crippen LogP contribution in [0.15, 0.2) is 29.4 Å². The summed E-state index contributed by atoms with van der Waals surface area (Å²) in [5.74, 6) is 0. The standard InChI is InChI=1S/C12H17N3O2/c1-3-4-5-10(2)13-14-11-6-8-12(9-7-11)15(16)17/h6-9,14H,3-5H2,1-2H3. The molecule has 1 aromatic rings. The van der Waals surface area contributed by atoms with Gasteiger partial charge in [-0.1, -0.05) is 13.3 Å². The summed E-state index contributed by atoms with van der Waals surface area (Å²) in [6, 6.07) is 6.21. The van der Waals surface area contributed by atoms with E-state index in [1.54, 1.807) is 12.1 Å². The number of nitro groups is 1. The molecule has 0 fully saturated rings. The van der Waals surface area contributed by atoms with E-state index < -0.39 is 4.92 Å². The Hall–Kier alpha value is -1.91. The molecule has 0 aliphatic rings. The molecule has 17 heavy (non-hydrogen) atoms. The zero-order valence-electron chi connectivity index (χ0n) is 10.1. The largest absolute Gasteiger partial charge is 0.279 e. The number of anilines is 1. The number of hydrazone groups is 1. The highest BCUT2D eigenvalue weighted by molar-refractivity contribution is 5.82. The first kappa shape index (κ1) is 13.2. The van der Waals surface area contributed by atoms with Gasteiger partial charge in [-0.2, -0.15) is 5.10 Å². The lowest BCUT2D eigenvalue weighted by Gasteiger charge is -2.02. The highest BCUT2D eigenvalue weighted by Crippen LogP contribution is 2.15. The highest BCUT2D eigenvalue weighted by Gasteiger charge is 2.02. The number of hydrogen-bond acceptors (Lipinski definition) is 4. The summed E-state index contributed by atoms with van der Waals surface area (Å²) in [4.78, 5) is 10.0. The van der Waals surface area contributed by atoms with E-state index >= 15 is 0 Å². The second-order valence-electron chi connectivity index (χ2n) is 3.87. The van der Waals surface area contributed by atoms with Gasteiger partial charge in [-0.3, -0.25) is 15.5 Å². The first-order valence-corrected chi connectivity index (χ1v) is 5.67. The van der Waals surface area contributed by atoms with Crippen LogP contribution in [0.3, 0.4) is 0 Å². The third kappa shape index (κ3) is 4.63. The zero-order chi connectivity index (χ0) is 12.7. The van der Waals surface area contributed by atoms with Gasteiger partial charge in [-0.15, -0.1) is 0 Å². The number of unbranched alkanes of at least 4 members (excludes halogenated alkanes) is 1. The first-order valence-electron chi connectivity index (χ1n) is 5.67. The molecule has 0 aliphatic carbocycles. The van der Waals surface area contributed by atoms with Crippen molar-refractivity contribution >= 4 is 17.1 Å². The molecule has 0 radical (unpaired) electrons. The highest BCUT2D eigenvalue weighted by atomic mass is 16.6. The van der Waals surface area contributed by atoms with Crippen LogP contribution in [0.1, 0.15) is 33.1 Å². The minimum absolute atomic E-state index is 0.0854. The average Bonchev–Trinajstić information content (AvgIpc) is 2.34. The maximum absolute atomic E-state index is 10.5. The van der Waals surface area contributed by atoms with Gasteiger partial charge in [0.2, 0.25) is 0 Å². The number of benzene rings is 1. The van der Waals surface area contributed by atoms with Gasteiger partial charge in [0.25, 0.3) is 5.69 Å². The lowest BCUT2D eigenvalue weighted by Crippen LogP contribution is -1.97. The molecule has 0 bridgehead atoms. The van der Waals surface area contributed by atoms with Crippen LogP contribution in [0, 0.1) is 10.1 Å². The Morgan fingerprint density at radius 2 is 2.06 bits per heavy atom. The Morgan fingerprint density at radius 3 is 2.59 bits per heavy atom. The van der Waals surface area contributed by atoms with Gasteiger partial charge in [-0.25, -0.2) is 0 Å². The van der Waals surface area contributed by atoms with E-state index in [4.69, 9.17) is 0 Å². The molecule has 1 aromatic carbocycles. The van der Waals surface area contributed by atoms with Gasteiger partial charge < -0.3 is 0 Å². The van der Waals surface area contributed by atoms with Crippen molar-refractivity contribution in [2.24, 2.45) is 5.10 Å². The fraction of sp³-hybridized carbons (Fsp3) is 0.417. The summed E-state index contributed by atoms with van der Waals surface area (Å²) in [5.41, 5.74) is 4.76. The molecule has 0 saturated heterocycles. The lowest BCUT2D eigenvalue weighted by molar-refractivity contribution is -0.384. The van der Waals surface area contributed by atoms with Crippen molar-refractivity contribution in [1.29, 1.82) is 0 Å². The van der Waals surface area contributed by atoms with Crippen LogP contribution in [0.5, 0.6) is 0 Å². The zero-order valence-corrected chi connectivity index (χ0v) is 10.1. The van der Waals surface area contributed by atoms with Gasteiger partial charge in [0.15, 0.2) is 0 Å². The number of rotatable bonds is 6. The molecule has 1 N–H and O–H groups in total. The molecule has 0 saturated carbocycles. The number of nitro benzene ring substituents is 1. The van der Waals surface area contributed by atoms with E-state index in [9.17, 15) is 10.1 Å². The fourth-order valence-corrected chi connectivity index (χ4v) is 1.31. The second kappa shape index (κ2) is 6.62. The molecule has 92 valence electrons. The van der Waals surface area contributed by atoms with Crippen molar-refractivity contribution in [1.82, 2.24) is 0 Å². The molecule has 0 amide bonds. The third-order valence-electron chi connectivity index (χ3n) is 2.35. The molecule has 5 nitrogen and oxygen atoms in total. The van der Waals surface area contributed by atoms with Crippen molar-refractivity contribution < 1.29 is 4.92 Å². The number of nitrogens with zero attached hydrogens (tertiary/aromatic N) is 2. The fourth-order valence-electron chi connectivity index (χ4n) is 1.31. The predicted molar refractivity (Wildman–Crippen MR) is 69.4 cm³/mol. The van der Waals surface area contributed by atoms with E-state index in [0.717, 1.165) is 30.7 Å². The van der Waals surface area contributed by atoms with Gasteiger partial charge >= 0.3 is 0 Å². The Bertz CT molecular complexity index is 399. The summed E-state index contributed by atoms with van der Waals surface area (Å²) >= 11 is 0. The monoisotopic (exact) mass is 235 g/mol. The topological polar surface area (TPSA) is 67.5 Å². The van der Waals surface area contributed by atoms with Crippen LogP contribution in [0.25, 0.3) is 0 Å². The van der Waals surface area contributed by atoms with Gasteiger partial charge in [0.05, 0.1) is 10.6 Å². The molecule has 0 atom stereocenters. The second-order valence-corrected chi connectivity index (χ2v) is 3.87. The first-order chi connectivity index (χ1) is 8.13.